The van der Waals surface area contributed by atoms with Crippen molar-refractivity contribution in [1.29, 1.82) is 0 Å². The first-order valence-corrected chi connectivity index (χ1v) is 10.6. The Kier molecular flexibility index (Phi) is 6.22. The summed E-state index contributed by atoms with van der Waals surface area (Å²) in [6.45, 7) is 7.35. The van der Waals surface area contributed by atoms with Crippen LogP contribution in [0.1, 0.15) is 47.1 Å². The molecule has 156 valence electrons. The quantitative estimate of drug-likeness (QED) is 0.568. The Morgan fingerprint density at radius 3 is 2.76 bits per heavy atom. The number of nitrogens with zero attached hydrogens (tertiary/aromatic N) is 1. The second-order valence-corrected chi connectivity index (χ2v) is 9.64. The Balaban J connectivity index is 2.04. The van der Waals surface area contributed by atoms with Crippen LogP contribution in [0.5, 0.6) is 11.5 Å². The Labute approximate surface area is 179 Å². The molecule has 1 aliphatic rings. The fraction of sp³-hybridized carbons (Fsp3) is 0.429. The molecule has 0 amide bonds. The van der Waals surface area contributed by atoms with E-state index in [4.69, 9.17) is 21.1 Å². The third-order valence-corrected chi connectivity index (χ3v) is 5.91. The van der Waals surface area contributed by atoms with Crippen LogP contribution in [0.3, 0.4) is 0 Å². The molecular weight excluding hydrogens is 412 g/mol. The van der Waals surface area contributed by atoms with E-state index < -0.39 is 5.60 Å². The largest absolute Gasteiger partial charge is 0.504 e. The number of aliphatic imine (C=N–C) groups is 1. The van der Waals surface area contributed by atoms with Crippen LogP contribution in [0.15, 0.2) is 17.1 Å². The molecule has 2 heterocycles. The molecule has 0 aliphatic carbocycles. The fourth-order valence-electron chi connectivity index (χ4n) is 3.21. The molecule has 1 aromatic carbocycles. The molecule has 1 aromatic heterocycles. The molecule has 1 atom stereocenters. The van der Waals surface area contributed by atoms with Crippen LogP contribution in [0, 0.1) is 0 Å². The highest BCUT2D eigenvalue weighted by Crippen LogP contribution is 2.39. The molecule has 0 saturated carbocycles. The summed E-state index contributed by atoms with van der Waals surface area (Å²) in [5.41, 5.74) is 1.37. The van der Waals surface area contributed by atoms with Crippen molar-refractivity contribution in [3.05, 3.63) is 38.7 Å². The molecule has 3 rings (SSSR count). The van der Waals surface area contributed by atoms with Gasteiger partial charge in [0.25, 0.3) is 0 Å². The first kappa shape index (κ1) is 21.6. The van der Waals surface area contributed by atoms with Gasteiger partial charge in [-0.05, 0) is 32.4 Å². The number of hydrogen-bond donors (Lipinski definition) is 2. The Morgan fingerprint density at radius 2 is 2.10 bits per heavy atom. The molecule has 0 bridgehead atoms. The van der Waals surface area contributed by atoms with Crippen LogP contribution < -0.4 is 9.64 Å². The highest BCUT2D eigenvalue weighted by atomic mass is 35.5. The lowest BCUT2D eigenvalue weighted by Crippen LogP contribution is -3.08. The van der Waals surface area contributed by atoms with Gasteiger partial charge in [0.15, 0.2) is 11.5 Å². The zero-order chi connectivity index (χ0) is 21.3. The smallest absolute Gasteiger partial charge is 0.342 e. The van der Waals surface area contributed by atoms with E-state index in [1.165, 1.54) is 35.6 Å². The minimum atomic E-state index is -0.595. The number of thiophene rings is 1. The summed E-state index contributed by atoms with van der Waals surface area (Å²) in [6.07, 6.45) is 2.31. The highest BCUT2D eigenvalue weighted by molar-refractivity contribution is 7.16. The number of rotatable bonds is 4. The van der Waals surface area contributed by atoms with Crippen molar-refractivity contribution in [2.45, 2.75) is 39.3 Å². The van der Waals surface area contributed by atoms with Gasteiger partial charge in [0.05, 0.1) is 25.6 Å². The zero-order valence-electron chi connectivity index (χ0n) is 17.3. The molecule has 2 aromatic rings. The molecule has 0 spiro atoms. The van der Waals surface area contributed by atoms with Gasteiger partial charge in [0.2, 0.25) is 0 Å². The van der Waals surface area contributed by atoms with Crippen molar-refractivity contribution in [1.82, 2.24) is 0 Å². The van der Waals surface area contributed by atoms with Crippen LogP contribution in [0.25, 0.3) is 0 Å². The predicted molar refractivity (Wildman–Crippen MR) is 116 cm³/mol. The van der Waals surface area contributed by atoms with Crippen LogP contribution in [0.2, 0.25) is 5.02 Å². The second kappa shape index (κ2) is 8.34. The van der Waals surface area contributed by atoms with Crippen molar-refractivity contribution in [2.75, 3.05) is 20.7 Å². The Bertz CT molecular complexity index is 963. The van der Waals surface area contributed by atoms with Gasteiger partial charge in [-0.2, -0.15) is 0 Å². The number of carbonyl (C=O) groups excluding carboxylic acids is 1. The number of aromatic hydroxyl groups is 1. The van der Waals surface area contributed by atoms with Crippen molar-refractivity contribution in [3.63, 3.8) is 0 Å². The first-order valence-electron chi connectivity index (χ1n) is 9.38. The Hall–Kier alpha value is -2.09. The van der Waals surface area contributed by atoms with E-state index in [2.05, 4.69) is 12.0 Å². The van der Waals surface area contributed by atoms with Gasteiger partial charge >= 0.3 is 5.97 Å². The van der Waals surface area contributed by atoms with Crippen LogP contribution >= 0.6 is 22.9 Å². The number of phenols is 1. The summed E-state index contributed by atoms with van der Waals surface area (Å²) in [4.78, 5) is 20.0. The lowest BCUT2D eigenvalue weighted by molar-refractivity contribution is -0.895. The summed E-state index contributed by atoms with van der Waals surface area (Å²) in [6, 6.07) is 3.13. The summed E-state index contributed by atoms with van der Waals surface area (Å²) in [5, 5.41) is 11.4. The summed E-state index contributed by atoms with van der Waals surface area (Å²) in [7, 11) is 3.59. The molecule has 1 aliphatic heterocycles. The molecule has 1 unspecified atom stereocenters. The third kappa shape index (κ3) is 4.91. The number of ether oxygens (including phenoxy) is 2. The molecule has 0 radical (unpaired) electrons. The standard InChI is InChI=1S/C21H25ClN2O4S/c1-21(2,3)28-20(26)17-14-6-7-24(4)11-16(14)29-19(17)23-10-12-8-13(22)9-15(27-5)18(12)25/h8-10,25H,6-7,11H2,1-5H3/p+1/b23-10+. The maximum Gasteiger partial charge on any atom is 0.342 e. The molecule has 6 nitrogen and oxygen atoms in total. The number of benzene rings is 1. The SMILES string of the molecule is COc1cc(Cl)cc(/C=N/c2sc3c(c2C(=O)OC(C)(C)C)CC[NH+](C)C3)c1O. The minimum absolute atomic E-state index is 0.0510. The number of fused-ring (bicyclic) bond motifs is 1. The normalized spacial score (nSPS) is 16.7. The van der Waals surface area contributed by atoms with Crippen LogP contribution in [-0.4, -0.2) is 43.6 Å². The average molecular weight is 438 g/mol. The second-order valence-electron chi connectivity index (χ2n) is 8.12. The lowest BCUT2D eigenvalue weighted by atomic mass is 10.0. The van der Waals surface area contributed by atoms with E-state index in [1.54, 1.807) is 6.07 Å². The fourth-order valence-corrected chi connectivity index (χ4v) is 4.72. The molecular formula is C21H26ClN2O4S+. The minimum Gasteiger partial charge on any atom is -0.504 e. The van der Waals surface area contributed by atoms with Crippen molar-refractivity contribution >= 4 is 40.1 Å². The van der Waals surface area contributed by atoms with E-state index >= 15 is 0 Å². The van der Waals surface area contributed by atoms with Crippen LogP contribution in [0.4, 0.5) is 5.00 Å². The average Bonchev–Trinajstić information content (AvgIpc) is 2.98. The molecule has 29 heavy (non-hydrogen) atoms. The molecule has 2 N–H and O–H groups in total. The van der Waals surface area contributed by atoms with Gasteiger partial charge in [-0.15, -0.1) is 11.3 Å². The number of hydrogen-bond acceptors (Lipinski definition) is 6. The molecule has 0 saturated heterocycles. The van der Waals surface area contributed by atoms with Gasteiger partial charge in [-0.25, -0.2) is 9.79 Å². The summed E-state index contributed by atoms with van der Waals surface area (Å²) in [5.74, 6) is -0.151. The van der Waals surface area contributed by atoms with Crippen LogP contribution in [-0.2, 0) is 17.7 Å². The number of halogens is 1. The van der Waals surface area contributed by atoms with E-state index in [0.717, 1.165) is 30.0 Å². The highest BCUT2D eigenvalue weighted by Gasteiger charge is 2.31. The maximum atomic E-state index is 12.9. The summed E-state index contributed by atoms with van der Waals surface area (Å²) >= 11 is 7.60. The Morgan fingerprint density at radius 1 is 1.38 bits per heavy atom. The van der Waals surface area contributed by atoms with Gasteiger partial charge in [-0.3, -0.25) is 0 Å². The maximum absolute atomic E-state index is 12.9. The van der Waals surface area contributed by atoms with E-state index in [-0.39, 0.29) is 17.5 Å². The topological polar surface area (TPSA) is 72.6 Å². The van der Waals surface area contributed by atoms with E-state index in [1.807, 2.05) is 20.8 Å². The van der Waals surface area contributed by atoms with Gasteiger partial charge in [0.1, 0.15) is 22.7 Å². The zero-order valence-corrected chi connectivity index (χ0v) is 18.8. The van der Waals surface area contributed by atoms with Gasteiger partial charge < -0.3 is 19.5 Å². The van der Waals surface area contributed by atoms with Crippen molar-refractivity contribution in [2.24, 2.45) is 4.99 Å². The monoisotopic (exact) mass is 437 g/mol. The third-order valence-electron chi connectivity index (χ3n) is 4.55. The number of methoxy groups -OCH3 is 1. The van der Waals surface area contributed by atoms with Crippen molar-refractivity contribution in [3.8, 4) is 11.5 Å². The number of likely N-dealkylation sites (N-methyl/N-ethyl adjacent to an activating group) is 1. The number of phenolic OH excluding ortho intramolecular Hbond substituents is 1. The van der Waals surface area contributed by atoms with Gasteiger partial charge in [-0.1, -0.05) is 11.6 Å². The van der Waals surface area contributed by atoms with E-state index in [9.17, 15) is 9.90 Å². The lowest BCUT2D eigenvalue weighted by Gasteiger charge is -2.22. The number of carbonyl (C=O) groups is 1. The predicted octanol–water partition coefficient (Wildman–Crippen LogP) is 3.39. The number of esters is 1. The number of nitrogens with one attached hydrogen (secondary N) is 1. The molecule has 8 heteroatoms. The molecule has 0 fully saturated rings. The van der Waals surface area contributed by atoms with E-state index in [0.29, 0.717) is 21.2 Å². The first-order chi connectivity index (χ1) is 13.6. The number of quaternary nitrogens is 1. The summed E-state index contributed by atoms with van der Waals surface area (Å²) < 4.78 is 10.8. The van der Waals surface area contributed by atoms with Gasteiger partial charge in [0, 0.05) is 29.3 Å². The van der Waals surface area contributed by atoms with Crippen molar-refractivity contribution < 1.29 is 24.3 Å².